The Labute approximate surface area is 85.5 Å². The van der Waals surface area contributed by atoms with Gasteiger partial charge in [-0.3, -0.25) is 0 Å². The van der Waals surface area contributed by atoms with E-state index in [1.165, 1.54) is 25.7 Å². The third-order valence-corrected chi connectivity index (χ3v) is 3.85. The van der Waals surface area contributed by atoms with Crippen LogP contribution in [0.15, 0.2) is 0 Å². The Morgan fingerprint density at radius 2 is 2.15 bits per heavy atom. The molecule has 0 saturated heterocycles. The van der Waals surface area contributed by atoms with Gasteiger partial charge in [-0.1, -0.05) is 12.8 Å². The summed E-state index contributed by atoms with van der Waals surface area (Å²) in [5, 5.41) is 13.4. The molecule has 0 radical (unpaired) electrons. The smallest absolute Gasteiger partial charge is 0.0636 e. The number of thioether (sulfide) groups is 1. The first-order valence-corrected chi connectivity index (χ1v) is 6.47. The molecule has 0 heterocycles. The van der Waals surface area contributed by atoms with Crippen LogP contribution in [0.4, 0.5) is 0 Å². The van der Waals surface area contributed by atoms with E-state index < -0.39 is 0 Å². The van der Waals surface area contributed by atoms with Gasteiger partial charge in [0, 0.05) is 17.8 Å². The van der Waals surface area contributed by atoms with Crippen LogP contribution in [0, 0.1) is 0 Å². The normalized spacial score (nSPS) is 31.6. The molecule has 2 unspecified atom stereocenters. The quantitative estimate of drug-likeness (QED) is 0.728. The van der Waals surface area contributed by atoms with Crippen molar-refractivity contribution in [1.82, 2.24) is 5.32 Å². The third-order valence-electron chi connectivity index (χ3n) is 2.68. The van der Waals surface area contributed by atoms with Gasteiger partial charge >= 0.3 is 0 Å². The number of hydrogen-bond acceptors (Lipinski definition) is 3. The predicted molar refractivity (Wildman–Crippen MR) is 59.2 cm³/mol. The van der Waals surface area contributed by atoms with Crippen LogP contribution in [-0.4, -0.2) is 35.3 Å². The molecule has 0 aromatic heterocycles. The maximum Gasteiger partial charge on any atom is 0.0636 e. The van der Waals surface area contributed by atoms with E-state index in [9.17, 15) is 5.11 Å². The summed E-state index contributed by atoms with van der Waals surface area (Å²) < 4.78 is 0. The predicted octanol–water partition coefficient (Wildman–Crippen LogP) is 1.63. The Bertz CT molecular complexity index is 141. The largest absolute Gasteiger partial charge is 0.392 e. The van der Waals surface area contributed by atoms with Crippen molar-refractivity contribution in [2.24, 2.45) is 0 Å². The number of aliphatic hydroxyl groups is 1. The summed E-state index contributed by atoms with van der Waals surface area (Å²) in [4.78, 5) is 0. The molecule has 2 N–H and O–H groups in total. The Kier molecular flexibility index (Phi) is 5.14. The highest BCUT2D eigenvalue weighted by molar-refractivity contribution is 7.99. The standard InChI is InChI=1S/C10H21NOS/c1-8(12)7-11-9-5-3-4-6-10(9)13-2/h8-12H,3-7H2,1-2H3/t8-,9?,10?/m0/s1. The van der Waals surface area contributed by atoms with E-state index in [0.717, 1.165) is 11.8 Å². The van der Waals surface area contributed by atoms with Gasteiger partial charge in [-0.2, -0.15) is 11.8 Å². The molecule has 1 aliphatic carbocycles. The summed E-state index contributed by atoms with van der Waals surface area (Å²) >= 11 is 1.96. The van der Waals surface area contributed by atoms with Gasteiger partial charge < -0.3 is 10.4 Å². The minimum atomic E-state index is -0.218. The Hall–Kier alpha value is 0.270. The zero-order valence-corrected chi connectivity index (χ0v) is 9.44. The van der Waals surface area contributed by atoms with Crippen LogP contribution in [0.3, 0.4) is 0 Å². The van der Waals surface area contributed by atoms with Gasteiger partial charge in [0.25, 0.3) is 0 Å². The monoisotopic (exact) mass is 203 g/mol. The van der Waals surface area contributed by atoms with Crippen LogP contribution in [0.2, 0.25) is 0 Å². The molecule has 78 valence electrons. The van der Waals surface area contributed by atoms with E-state index >= 15 is 0 Å². The first-order valence-electron chi connectivity index (χ1n) is 5.18. The molecular weight excluding hydrogens is 182 g/mol. The molecule has 2 nitrogen and oxygen atoms in total. The summed E-state index contributed by atoms with van der Waals surface area (Å²) in [7, 11) is 0. The van der Waals surface area contributed by atoms with Crippen LogP contribution >= 0.6 is 11.8 Å². The van der Waals surface area contributed by atoms with Crippen molar-refractivity contribution in [1.29, 1.82) is 0 Å². The molecule has 3 heteroatoms. The summed E-state index contributed by atoms with van der Waals surface area (Å²) in [5.41, 5.74) is 0. The molecule has 0 amide bonds. The first kappa shape index (κ1) is 11.3. The summed E-state index contributed by atoms with van der Waals surface area (Å²) in [6.45, 7) is 2.58. The molecule has 0 aromatic carbocycles. The molecule has 1 saturated carbocycles. The summed E-state index contributed by atoms with van der Waals surface area (Å²) in [6.07, 6.45) is 7.29. The lowest BCUT2D eigenvalue weighted by Crippen LogP contribution is -2.43. The zero-order valence-electron chi connectivity index (χ0n) is 8.62. The molecule has 0 aromatic rings. The van der Waals surface area contributed by atoms with Gasteiger partial charge in [0.15, 0.2) is 0 Å². The Morgan fingerprint density at radius 3 is 2.77 bits per heavy atom. The molecule has 13 heavy (non-hydrogen) atoms. The molecule has 0 aliphatic heterocycles. The average Bonchev–Trinajstić information content (AvgIpc) is 2.15. The second-order valence-corrected chi connectivity index (χ2v) is 5.00. The molecule has 0 bridgehead atoms. The summed E-state index contributed by atoms with van der Waals surface area (Å²) in [6, 6.07) is 0.623. The lowest BCUT2D eigenvalue weighted by molar-refractivity contribution is 0.182. The van der Waals surface area contributed by atoms with Gasteiger partial charge in [-0.15, -0.1) is 0 Å². The number of aliphatic hydroxyl groups excluding tert-OH is 1. The topological polar surface area (TPSA) is 32.3 Å². The van der Waals surface area contributed by atoms with Crippen LogP contribution < -0.4 is 5.32 Å². The van der Waals surface area contributed by atoms with E-state index in [0.29, 0.717) is 6.04 Å². The van der Waals surface area contributed by atoms with Gasteiger partial charge in [-0.05, 0) is 26.0 Å². The number of rotatable bonds is 4. The van der Waals surface area contributed by atoms with Crippen molar-refractivity contribution in [3.05, 3.63) is 0 Å². The van der Waals surface area contributed by atoms with Crippen molar-refractivity contribution in [3.8, 4) is 0 Å². The minimum Gasteiger partial charge on any atom is -0.392 e. The zero-order chi connectivity index (χ0) is 9.68. The molecule has 3 atom stereocenters. The SMILES string of the molecule is CSC1CCCCC1NC[C@H](C)O. The molecular formula is C10H21NOS. The van der Waals surface area contributed by atoms with Crippen LogP contribution in [0.5, 0.6) is 0 Å². The van der Waals surface area contributed by atoms with E-state index in [1.54, 1.807) is 0 Å². The molecule has 1 aliphatic rings. The van der Waals surface area contributed by atoms with Gasteiger partial charge in [0.1, 0.15) is 0 Å². The van der Waals surface area contributed by atoms with E-state index in [1.807, 2.05) is 18.7 Å². The third kappa shape index (κ3) is 3.88. The van der Waals surface area contributed by atoms with Gasteiger partial charge in [-0.25, -0.2) is 0 Å². The lowest BCUT2D eigenvalue weighted by Gasteiger charge is -2.31. The average molecular weight is 203 g/mol. The maximum absolute atomic E-state index is 9.17. The molecule has 1 fully saturated rings. The van der Waals surface area contributed by atoms with Crippen molar-refractivity contribution >= 4 is 11.8 Å². The van der Waals surface area contributed by atoms with Crippen molar-refractivity contribution in [2.45, 2.75) is 50.0 Å². The second kappa shape index (κ2) is 5.89. The fourth-order valence-corrected chi connectivity index (χ4v) is 2.90. The van der Waals surface area contributed by atoms with E-state index in [-0.39, 0.29) is 6.10 Å². The Morgan fingerprint density at radius 1 is 1.46 bits per heavy atom. The fourth-order valence-electron chi connectivity index (χ4n) is 1.93. The van der Waals surface area contributed by atoms with Gasteiger partial charge in [0.05, 0.1) is 6.10 Å². The lowest BCUT2D eigenvalue weighted by atomic mass is 9.95. The summed E-state index contributed by atoms with van der Waals surface area (Å²) in [5.74, 6) is 0. The number of nitrogens with one attached hydrogen (secondary N) is 1. The van der Waals surface area contributed by atoms with E-state index in [2.05, 4.69) is 11.6 Å². The highest BCUT2D eigenvalue weighted by Gasteiger charge is 2.23. The van der Waals surface area contributed by atoms with Gasteiger partial charge in [0.2, 0.25) is 0 Å². The first-order chi connectivity index (χ1) is 6.24. The number of hydrogen-bond donors (Lipinski definition) is 2. The Balaban J connectivity index is 2.27. The molecule has 1 rings (SSSR count). The maximum atomic E-state index is 9.17. The van der Waals surface area contributed by atoms with Crippen LogP contribution in [0.1, 0.15) is 32.6 Å². The fraction of sp³-hybridized carbons (Fsp3) is 1.00. The molecule has 0 spiro atoms. The van der Waals surface area contributed by atoms with Crippen LogP contribution in [-0.2, 0) is 0 Å². The van der Waals surface area contributed by atoms with E-state index in [4.69, 9.17) is 0 Å². The van der Waals surface area contributed by atoms with Crippen molar-refractivity contribution in [2.75, 3.05) is 12.8 Å². The van der Waals surface area contributed by atoms with Crippen LogP contribution in [0.25, 0.3) is 0 Å². The van der Waals surface area contributed by atoms with Crippen molar-refractivity contribution in [3.63, 3.8) is 0 Å². The second-order valence-electron chi connectivity index (χ2n) is 3.92. The highest BCUT2D eigenvalue weighted by Crippen LogP contribution is 2.26. The van der Waals surface area contributed by atoms with Crippen molar-refractivity contribution < 1.29 is 5.11 Å². The minimum absolute atomic E-state index is 0.218. The highest BCUT2D eigenvalue weighted by atomic mass is 32.2.